The van der Waals surface area contributed by atoms with E-state index in [0.717, 1.165) is 25.1 Å². The molecule has 2 heteroatoms. The Hall–Kier alpha value is -0.0800. The van der Waals surface area contributed by atoms with Gasteiger partial charge in [0, 0.05) is 12.6 Å². The largest absolute Gasteiger partial charge is 0.378 e. The first-order valence-corrected chi connectivity index (χ1v) is 8.73. The molecule has 1 saturated carbocycles. The molecule has 1 aliphatic carbocycles. The van der Waals surface area contributed by atoms with Crippen molar-refractivity contribution < 1.29 is 4.74 Å². The van der Waals surface area contributed by atoms with Gasteiger partial charge in [-0.2, -0.15) is 0 Å². The molecule has 0 amide bonds. The lowest BCUT2D eigenvalue weighted by molar-refractivity contribution is 0.0111. The van der Waals surface area contributed by atoms with E-state index in [0.29, 0.717) is 6.10 Å². The van der Waals surface area contributed by atoms with Gasteiger partial charge in [-0.1, -0.05) is 32.6 Å². The van der Waals surface area contributed by atoms with Gasteiger partial charge in [-0.25, -0.2) is 0 Å². The molecule has 1 aliphatic heterocycles. The third kappa shape index (κ3) is 5.83. The quantitative estimate of drug-likeness (QED) is 0.725. The molecule has 2 rings (SSSR count). The smallest absolute Gasteiger partial charge is 0.0587 e. The van der Waals surface area contributed by atoms with Crippen LogP contribution in [0.5, 0.6) is 0 Å². The van der Waals surface area contributed by atoms with E-state index in [2.05, 4.69) is 12.2 Å². The molecule has 0 bridgehead atoms. The molecular formula is C17H33NO. The summed E-state index contributed by atoms with van der Waals surface area (Å²) in [4.78, 5) is 0. The first-order valence-electron chi connectivity index (χ1n) is 8.73. The van der Waals surface area contributed by atoms with Crippen LogP contribution >= 0.6 is 0 Å². The third-order valence-electron chi connectivity index (χ3n) is 4.96. The highest BCUT2D eigenvalue weighted by molar-refractivity contribution is 4.75. The molecule has 2 nitrogen and oxygen atoms in total. The SMILES string of the molecule is CCCC1CCCC(NCCC2CCCCO2)CC1. The molecule has 19 heavy (non-hydrogen) atoms. The van der Waals surface area contributed by atoms with Gasteiger partial charge in [0.1, 0.15) is 0 Å². The Morgan fingerprint density at radius 1 is 0.947 bits per heavy atom. The maximum atomic E-state index is 5.80. The van der Waals surface area contributed by atoms with Gasteiger partial charge >= 0.3 is 0 Å². The van der Waals surface area contributed by atoms with Crippen molar-refractivity contribution in [2.75, 3.05) is 13.2 Å². The van der Waals surface area contributed by atoms with E-state index < -0.39 is 0 Å². The van der Waals surface area contributed by atoms with Gasteiger partial charge in [-0.15, -0.1) is 0 Å². The van der Waals surface area contributed by atoms with Gasteiger partial charge in [0.25, 0.3) is 0 Å². The second-order valence-electron chi connectivity index (χ2n) is 6.59. The Labute approximate surface area is 119 Å². The Morgan fingerprint density at radius 3 is 2.68 bits per heavy atom. The lowest BCUT2D eigenvalue weighted by Gasteiger charge is -2.24. The average molecular weight is 267 g/mol. The van der Waals surface area contributed by atoms with Crippen LogP contribution in [-0.4, -0.2) is 25.3 Å². The van der Waals surface area contributed by atoms with E-state index in [1.165, 1.54) is 70.6 Å². The molecule has 0 aromatic heterocycles. The summed E-state index contributed by atoms with van der Waals surface area (Å²) >= 11 is 0. The van der Waals surface area contributed by atoms with Crippen LogP contribution in [0, 0.1) is 5.92 Å². The summed E-state index contributed by atoms with van der Waals surface area (Å²) in [6.07, 6.45) is 15.6. The van der Waals surface area contributed by atoms with Crippen LogP contribution in [0.3, 0.4) is 0 Å². The fraction of sp³-hybridized carbons (Fsp3) is 1.00. The summed E-state index contributed by atoms with van der Waals surface area (Å²) in [7, 11) is 0. The molecule has 3 unspecified atom stereocenters. The third-order valence-corrected chi connectivity index (χ3v) is 4.96. The minimum absolute atomic E-state index is 0.542. The van der Waals surface area contributed by atoms with E-state index in [4.69, 9.17) is 4.74 Å². The number of nitrogens with one attached hydrogen (secondary N) is 1. The van der Waals surface area contributed by atoms with Crippen molar-refractivity contribution in [2.24, 2.45) is 5.92 Å². The van der Waals surface area contributed by atoms with Crippen LogP contribution in [0.25, 0.3) is 0 Å². The number of hydrogen-bond donors (Lipinski definition) is 1. The van der Waals surface area contributed by atoms with E-state index in [1.54, 1.807) is 0 Å². The molecule has 0 aromatic rings. The van der Waals surface area contributed by atoms with Crippen molar-refractivity contribution in [1.29, 1.82) is 0 Å². The van der Waals surface area contributed by atoms with Crippen molar-refractivity contribution in [3.05, 3.63) is 0 Å². The normalized spacial score (nSPS) is 33.0. The van der Waals surface area contributed by atoms with Crippen LogP contribution in [0.15, 0.2) is 0 Å². The Kier molecular flexibility index (Phi) is 7.23. The first kappa shape index (κ1) is 15.3. The van der Waals surface area contributed by atoms with E-state index in [-0.39, 0.29) is 0 Å². The topological polar surface area (TPSA) is 21.3 Å². The van der Waals surface area contributed by atoms with Crippen molar-refractivity contribution in [3.8, 4) is 0 Å². The predicted octanol–water partition coefficient (Wildman–Crippen LogP) is 4.28. The van der Waals surface area contributed by atoms with E-state index >= 15 is 0 Å². The van der Waals surface area contributed by atoms with Crippen LogP contribution in [0.2, 0.25) is 0 Å². The van der Waals surface area contributed by atoms with Crippen LogP contribution < -0.4 is 5.32 Å². The molecule has 2 aliphatic rings. The van der Waals surface area contributed by atoms with Crippen LogP contribution in [0.4, 0.5) is 0 Å². The van der Waals surface area contributed by atoms with Crippen LogP contribution in [0.1, 0.15) is 77.6 Å². The minimum Gasteiger partial charge on any atom is -0.378 e. The highest BCUT2D eigenvalue weighted by atomic mass is 16.5. The van der Waals surface area contributed by atoms with Gasteiger partial charge in [0.05, 0.1) is 6.10 Å². The lowest BCUT2D eigenvalue weighted by atomic mass is 9.95. The van der Waals surface area contributed by atoms with Crippen molar-refractivity contribution in [2.45, 2.75) is 89.7 Å². The molecule has 3 atom stereocenters. The summed E-state index contributed by atoms with van der Waals surface area (Å²) in [5.41, 5.74) is 0. The van der Waals surface area contributed by atoms with Gasteiger partial charge in [0.15, 0.2) is 0 Å². The zero-order valence-electron chi connectivity index (χ0n) is 12.8. The van der Waals surface area contributed by atoms with Crippen molar-refractivity contribution in [3.63, 3.8) is 0 Å². The second-order valence-corrected chi connectivity index (χ2v) is 6.59. The average Bonchev–Trinajstić information content (AvgIpc) is 2.66. The van der Waals surface area contributed by atoms with Gasteiger partial charge in [-0.05, 0) is 57.4 Å². The fourth-order valence-electron chi connectivity index (χ4n) is 3.76. The molecule has 1 N–H and O–H groups in total. The highest BCUT2D eigenvalue weighted by Gasteiger charge is 2.19. The summed E-state index contributed by atoms with van der Waals surface area (Å²) in [6.45, 7) is 4.48. The van der Waals surface area contributed by atoms with Crippen molar-refractivity contribution >= 4 is 0 Å². The summed E-state index contributed by atoms with van der Waals surface area (Å²) in [5, 5.41) is 3.79. The number of ether oxygens (including phenoxy) is 1. The fourth-order valence-corrected chi connectivity index (χ4v) is 3.76. The summed E-state index contributed by atoms with van der Waals surface area (Å²) in [6, 6.07) is 0.783. The van der Waals surface area contributed by atoms with Crippen molar-refractivity contribution in [1.82, 2.24) is 5.32 Å². The first-order chi connectivity index (χ1) is 9.38. The monoisotopic (exact) mass is 267 g/mol. The molecule has 112 valence electrons. The summed E-state index contributed by atoms with van der Waals surface area (Å²) < 4.78 is 5.80. The van der Waals surface area contributed by atoms with Gasteiger partial charge in [0.2, 0.25) is 0 Å². The van der Waals surface area contributed by atoms with Gasteiger partial charge in [-0.3, -0.25) is 0 Å². The van der Waals surface area contributed by atoms with E-state index in [1.807, 2.05) is 0 Å². The molecule has 2 fully saturated rings. The van der Waals surface area contributed by atoms with Crippen LogP contribution in [-0.2, 0) is 4.74 Å². The molecule has 1 saturated heterocycles. The minimum atomic E-state index is 0.542. The molecule has 0 radical (unpaired) electrons. The standard InChI is InChI=1S/C17H33NO/c1-2-6-15-7-5-8-16(11-10-15)18-13-12-17-9-3-4-14-19-17/h15-18H,2-14H2,1H3. The Bertz CT molecular complexity index is 225. The zero-order chi connectivity index (χ0) is 13.3. The molecular weight excluding hydrogens is 234 g/mol. The number of rotatable bonds is 6. The lowest BCUT2D eigenvalue weighted by Crippen LogP contribution is -2.32. The second kappa shape index (κ2) is 8.97. The maximum absolute atomic E-state index is 5.80. The highest BCUT2D eigenvalue weighted by Crippen LogP contribution is 2.26. The molecule has 0 aromatic carbocycles. The zero-order valence-corrected chi connectivity index (χ0v) is 12.8. The molecule has 0 spiro atoms. The Morgan fingerprint density at radius 2 is 1.89 bits per heavy atom. The number of hydrogen-bond acceptors (Lipinski definition) is 2. The Balaban J connectivity index is 1.57. The van der Waals surface area contributed by atoms with Gasteiger partial charge < -0.3 is 10.1 Å². The predicted molar refractivity (Wildman–Crippen MR) is 81.5 cm³/mol. The maximum Gasteiger partial charge on any atom is 0.0587 e. The van der Waals surface area contributed by atoms with E-state index in [9.17, 15) is 0 Å². The summed E-state index contributed by atoms with van der Waals surface area (Å²) in [5.74, 6) is 1.01. The molecule has 1 heterocycles.